The molecule has 100 valence electrons. The van der Waals surface area contributed by atoms with E-state index in [0.29, 0.717) is 23.7 Å². The Morgan fingerprint density at radius 3 is 3.00 bits per heavy atom. The fraction of sp³-hybridized carbons (Fsp3) is 0.462. The van der Waals surface area contributed by atoms with E-state index >= 15 is 0 Å². The number of rotatable bonds is 7. The lowest BCUT2D eigenvalue weighted by atomic mass is 10.2. The molecule has 0 aliphatic carbocycles. The zero-order valence-electron chi connectivity index (χ0n) is 10.4. The number of ether oxygens (including phenoxy) is 1. The molecule has 0 fully saturated rings. The molecule has 1 rings (SSSR count). The summed E-state index contributed by atoms with van der Waals surface area (Å²) < 4.78 is 5.28. The van der Waals surface area contributed by atoms with Crippen molar-refractivity contribution in [2.24, 2.45) is 0 Å². The van der Waals surface area contributed by atoms with E-state index in [9.17, 15) is 4.79 Å². The quantitative estimate of drug-likeness (QED) is 0.746. The highest BCUT2D eigenvalue weighted by atomic mass is 35.5. The van der Waals surface area contributed by atoms with Gasteiger partial charge >= 0.3 is 0 Å². The van der Waals surface area contributed by atoms with E-state index in [2.05, 4.69) is 5.32 Å². The lowest BCUT2D eigenvalue weighted by Gasteiger charge is -2.08. The maximum Gasteiger partial charge on any atom is 0.257 e. The van der Waals surface area contributed by atoms with Crippen LogP contribution in [0.25, 0.3) is 0 Å². The van der Waals surface area contributed by atoms with Gasteiger partial charge in [-0.2, -0.15) is 0 Å². The fourth-order valence-electron chi connectivity index (χ4n) is 1.38. The maximum atomic E-state index is 11.4. The van der Waals surface area contributed by atoms with Crippen molar-refractivity contribution in [2.75, 3.05) is 13.2 Å². The first-order valence-corrected chi connectivity index (χ1v) is 6.29. The third-order valence-electron chi connectivity index (χ3n) is 2.29. The molecule has 0 radical (unpaired) electrons. The Balaban J connectivity index is 2.17. The highest BCUT2D eigenvalue weighted by Gasteiger charge is 2.03. The molecule has 2 N–H and O–H groups in total. The van der Waals surface area contributed by atoms with E-state index in [1.807, 2.05) is 0 Å². The van der Waals surface area contributed by atoms with Gasteiger partial charge in [0, 0.05) is 11.6 Å². The Bertz CT molecular complexity index is 382. The van der Waals surface area contributed by atoms with Crippen LogP contribution in [0.5, 0.6) is 5.75 Å². The third kappa shape index (κ3) is 6.47. The minimum absolute atomic E-state index is 0.0327. The summed E-state index contributed by atoms with van der Waals surface area (Å²) in [5.74, 6) is 0.391. The van der Waals surface area contributed by atoms with Crippen LogP contribution in [0.3, 0.4) is 0 Å². The van der Waals surface area contributed by atoms with Crippen LogP contribution in [-0.2, 0) is 4.79 Å². The lowest BCUT2D eigenvalue weighted by molar-refractivity contribution is -0.123. The van der Waals surface area contributed by atoms with Crippen LogP contribution >= 0.6 is 11.6 Å². The van der Waals surface area contributed by atoms with E-state index < -0.39 is 0 Å². The van der Waals surface area contributed by atoms with E-state index in [-0.39, 0.29) is 18.6 Å². The molecule has 1 unspecified atom stereocenters. The maximum absolute atomic E-state index is 11.4. The highest BCUT2D eigenvalue weighted by molar-refractivity contribution is 6.30. The zero-order valence-corrected chi connectivity index (χ0v) is 11.1. The third-order valence-corrected chi connectivity index (χ3v) is 2.52. The molecule has 18 heavy (non-hydrogen) atoms. The number of halogens is 1. The van der Waals surface area contributed by atoms with Crippen molar-refractivity contribution in [3.05, 3.63) is 29.3 Å². The predicted molar refractivity (Wildman–Crippen MR) is 70.9 cm³/mol. The monoisotopic (exact) mass is 271 g/mol. The van der Waals surface area contributed by atoms with Gasteiger partial charge in [0.2, 0.25) is 0 Å². The van der Waals surface area contributed by atoms with Gasteiger partial charge in [0.25, 0.3) is 5.91 Å². The van der Waals surface area contributed by atoms with Crippen molar-refractivity contribution < 1.29 is 14.6 Å². The summed E-state index contributed by atoms with van der Waals surface area (Å²) in [5, 5.41) is 12.3. The summed E-state index contributed by atoms with van der Waals surface area (Å²) in [6.45, 7) is 2.24. The van der Waals surface area contributed by atoms with Gasteiger partial charge in [0.05, 0.1) is 6.10 Å². The predicted octanol–water partition coefficient (Wildman–Crippen LogP) is 2.00. The number of aliphatic hydroxyl groups is 1. The molecule has 4 nitrogen and oxygen atoms in total. The molecule has 0 heterocycles. The first kappa shape index (κ1) is 14.8. The number of carbonyl (C=O) groups excluding carboxylic acids is 1. The van der Waals surface area contributed by atoms with Gasteiger partial charge in [-0.3, -0.25) is 4.79 Å². The average Bonchev–Trinajstić information content (AvgIpc) is 2.32. The molecule has 0 spiro atoms. The van der Waals surface area contributed by atoms with E-state index in [0.717, 1.165) is 6.42 Å². The van der Waals surface area contributed by atoms with Crippen LogP contribution in [0.1, 0.15) is 19.8 Å². The molecule has 0 aromatic heterocycles. The van der Waals surface area contributed by atoms with Crippen LogP contribution < -0.4 is 10.1 Å². The molecular formula is C13H18ClNO3. The van der Waals surface area contributed by atoms with Gasteiger partial charge in [-0.15, -0.1) is 0 Å². The van der Waals surface area contributed by atoms with Crippen molar-refractivity contribution >= 4 is 17.5 Å². The summed E-state index contributed by atoms with van der Waals surface area (Å²) >= 11 is 5.79. The van der Waals surface area contributed by atoms with Crippen molar-refractivity contribution in [3.8, 4) is 5.75 Å². The standard InChI is InChI=1S/C13H18ClNO3/c1-10(16)4-3-7-15-13(17)9-18-12-6-2-5-11(14)8-12/h2,5-6,8,10,16H,3-4,7,9H2,1H3,(H,15,17). The van der Waals surface area contributed by atoms with Gasteiger partial charge in [-0.1, -0.05) is 17.7 Å². The van der Waals surface area contributed by atoms with Crippen molar-refractivity contribution in [2.45, 2.75) is 25.9 Å². The number of benzene rings is 1. The van der Waals surface area contributed by atoms with Crippen LogP contribution in [0.2, 0.25) is 5.02 Å². The van der Waals surface area contributed by atoms with E-state index in [1.54, 1.807) is 31.2 Å². The first-order chi connectivity index (χ1) is 8.58. The summed E-state index contributed by atoms with van der Waals surface area (Å²) in [7, 11) is 0. The second-order valence-electron chi connectivity index (χ2n) is 4.09. The SMILES string of the molecule is CC(O)CCCNC(=O)COc1cccc(Cl)c1. The van der Waals surface area contributed by atoms with Gasteiger partial charge in [0.15, 0.2) is 6.61 Å². The molecule has 0 bridgehead atoms. The minimum atomic E-state index is -0.329. The van der Waals surface area contributed by atoms with Crippen molar-refractivity contribution in [1.29, 1.82) is 0 Å². The summed E-state index contributed by atoms with van der Waals surface area (Å²) in [6, 6.07) is 6.90. The zero-order chi connectivity index (χ0) is 13.4. The van der Waals surface area contributed by atoms with E-state index in [1.165, 1.54) is 0 Å². The Kier molecular flexibility index (Phi) is 6.54. The molecular weight excluding hydrogens is 254 g/mol. The molecule has 1 aromatic carbocycles. The van der Waals surface area contributed by atoms with Crippen LogP contribution in [0, 0.1) is 0 Å². The molecule has 0 saturated carbocycles. The highest BCUT2D eigenvalue weighted by Crippen LogP contribution is 2.16. The van der Waals surface area contributed by atoms with Crippen molar-refractivity contribution in [3.63, 3.8) is 0 Å². The number of nitrogens with one attached hydrogen (secondary N) is 1. The van der Waals surface area contributed by atoms with Gasteiger partial charge in [-0.25, -0.2) is 0 Å². The largest absolute Gasteiger partial charge is 0.484 e. The molecule has 0 aliphatic rings. The Labute approximate surface area is 112 Å². The molecule has 0 saturated heterocycles. The minimum Gasteiger partial charge on any atom is -0.484 e. The summed E-state index contributed by atoms with van der Waals surface area (Å²) in [4.78, 5) is 11.4. The van der Waals surface area contributed by atoms with Gasteiger partial charge in [-0.05, 0) is 38.0 Å². The van der Waals surface area contributed by atoms with Gasteiger partial charge < -0.3 is 15.2 Å². The molecule has 1 aromatic rings. The molecule has 0 aliphatic heterocycles. The number of carbonyl (C=O) groups is 1. The van der Waals surface area contributed by atoms with Crippen LogP contribution in [0.4, 0.5) is 0 Å². The normalized spacial score (nSPS) is 11.9. The number of hydrogen-bond acceptors (Lipinski definition) is 3. The summed E-state index contributed by atoms with van der Waals surface area (Å²) in [5.41, 5.74) is 0. The Morgan fingerprint density at radius 2 is 2.33 bits per heavy atom. The van der Waals surface area contributed by atoms with Crippen LogP contribution in [0.15, 0.2) is 24.3 Å². The lowest BCUT2D eigenvalue weighted by Crippen LogP contribution is -2.30. The second-order valence-corrected chi connectivity index (χ2v) is 4.52. The van der Waals surface area contributed by atoms with Crippen LogP contribution in [-0.4, -0.2) is 30.3 Å². The molecule has 1 amide bonds. The summed E-state index contributed by atoms with van der Waals surface area (Å²) in [6.07, 6.45) is 1.10. The fourth-order valence-corrected chi connectivity index (χ4v) is 1.56. The van der Waals surface area contributed by atoms with Crippen molar-refractivity contribution in [1.82, 2.24) is 5.32 Å². The Morgan fingerprint density at radius 1 is 1.56 bits per heavy atom. The molecule has 5 heteroatoms. The second kappa shape index (κ2) is 7.95. The number of hydrogen-bond donors (Lipinski definition) is 2. The Hall–Kier alpha value is -1.26. The molecule has 1 atom stereocenters. The smallest absolute Gasteiger partial charge is 0.257 e. The van der Waals surface area contributed by atoms with E-state index in [4.69, 9.17) is 21.4 Å². The number of aliphatic hydroxyl groups excluding tert-OH is 1. The van der Waals surface area contributed by atoms with Gasteiger partial charge in [0.1, 0.15) is 5.75 Å². The topological polar surface area (TPSA) is 58.6 Å². The number of amides is 1. The first-order valence-electron chi connectivity index (χ1n) is 5.91. The average molecular weight is 272 g/mol.